The largest absolute Gasteiger partial charge is 0.462 e. The van der Waals surface area contributed by atoms with Crippen LogP contribution in [0.5, 0.6) is 0 Å². The minimum absolute atomic E-state index is 0.330. The van der Waals surface area contributed by atoms with E-state index in [4.69, 9.17) is 17.0 Å². The smallest absolute Gasteiger partial charge is 0.338 e. The van der Waals surface area contributed by atoms with Gasteiger partial charge in [-0.15, -0.1) is 0 Å². The van der Waals surface area contributed by atoms with E-state index in [1.807, 2.05) is 13.0 Å². The molecule has 3 rings (SSSR count). The van der Waals surface area contributed by atoms with Crippen LogP contribution in [-0.2, 0) is 11.3 Å². The number of nitrogens with one attached hydrogen (secondary N) is 2. The highest BCUT2D eigenvalue weighted by atomic mass is 32.1. The lowest BCUT2D eigenvalue weighted by molar-refractivity contribution is 0.0526. The van der Waals surface area contributed by atoms with Gasteiger partial charge in [-0.3, -0.25) is 0 Å². The van der Waals surface area contributed by atoms with E-state index in [0.717, 1.165) is 24.3 Å². The number of anilines is 2. The van der Waals surface area contributed by atoms with Crippen LogP contribution in [0.4, 0.5) is 11.4 Å². The SMILES string of the molecule is CCOC(=O)c1ccc(C)c(NC(=S)NCc2ccc(N3CCCCC3)cc2)c1. The summed E-state index contributed by atoms with van der Waals surface area (Å²) in [6.07, 6.45) is 3.89. The second-order valence-corrected chi connectivity index (χ2v) is 7.68. The fourth-order valence-corrected chi connectivity index (χ4v) is 3.61. The van der Waals surface area contributed by atoms with Gasteiger partial charge in [-0.25, -0.2) is 4.79 Å². The van der Waals surface area contributed by atoms with E-state index in [1.54, 1.807) is 19.1 Å². The van der Waals surface area contributed by atoms with Crippen molar-refractivity contribution in [2.24, 2.45) is 0 Å². The van der Waals surface area contributed by atoms with Crippen molar-refractivity contribution >= 4 is 34.7 Å². The number of carbonyl (C=O) groups excluding carboxylic acids is 1. The molecular formula is C23H29N3O2S. The van der Waals surface area contributed by atoms with Gasteiger partial charge >= 0.3 is 5.97 Å². The number of ether oxygens (including phenoxy) is 1. The molecule has 0 aromatic heterocycles. The highest BCUT2D eigenvalue weighted by Crippen LogP contribution is 2.20. The van der Waals surface area contributed by atoms with E-state index in [2.05, 4.69) is 39.8 Å². The van der Waals surface area contributed by atoms with E-state index < -0.39 is 0 Å². The lowest BCUT2D eigenvalue weighted by atomic mass is 10.1. The lowest BCUT2D eigenvalue weighted by Gasteiger charge is -2.28. The first-order chi connectivity index (χ1) is 14.1. The fraction of sp³-hybridized carbons (Fsp3) is 0.391. The van der Waals surface area contributed by atoms with Gasteiger partial charge < -0.3 is 20.3 Å². The minimum atomic E-state index is -0.330. The predicted molar refractivity (Wildman–Crippen MR) is 123 cm³/mol. The second kappa shape index (κ2) is 10.3. The Labute approximate surface area is 178 Å². The van der Waals surface area contributed by atoms with Gasteiger partial charge in [0, 0.05) is 31.0 Å². The Bertz CT molecular complexity index is 846. The molecule has 154 valence electrons. The number of benzene rings is 2. The summed E-state index contributed by atoms with van der Waals surface area (Å²) in [4.78, 5) is 14.4. The molecular weight excluding hydrogens is 382 g/mol. The molecule has 0 saturated carbocycles. The standard InChI is InChI=1S/C23H29N3O2S/c1-3-28-22(27)19-10-7-17(2)21(15-19)25-23(29)24-16-18-8-11-20(12-9-18)26-13-5-4-6-14-26/h7-12,15H,3-6,13-14,16H2,1-2H3,(H2,24,25,29). The summed E-state index contributed by atoms with van der Waals surface area (Å²) in [6, 6.07) is 14.1. The third-order valence-electron chi connectivity index (χ3n) is 5.11. The first-order valence-electron chi connectivity index (χ1n) is 10.2. The van der Waals surface area contributed by atoms with Gasteiger partial charge in [0.25, 0.3) is 0 Å². The molecule has 1 aliphatic rings. The summed E-state index contributed by atoms with van der Waals surface area (Å²) in [5.41, 5.74) is 4.78. The molecule has 2 aromatic carbocycles. The predicted octanol–water partition coefficient (Wildman–Crippen LogP) is 4.65. The van der Waals surface area contributed by atoms with Crippen LogP contribution in [0, 0.1) is 6.92 Å². The maximum absolute atomic E-state index is 11.9. The molecule has 6 heteroatoms. The molecule has 0 spiro atoms. The number of aryl methyl sites for hydroxylation is 1. The van der Waals surface area contributed by atoms with E-state index in [0.29, 0.717) is 23.8 Å². The third kappa shape index (κ3) is 5.94. The zero-order chi connectivity index (χ0) is 20.6. The van der Waals surface area contributed by atoms with Crippen molar-refractivity contribution < 1.29 is 9.53 Å². The molecule has 0 amide bonds. The van der Waals surface area contributed by atoms with Crippen molar-refractivity contribution in [2.45, 2.75) is 39.7 Å². The Kier molecular flexibility index (Phi) is 7.47. The molecule has 0 radical (unpaired) electrons. The van der Waals surface area contributed by atoms with Crippen LogP contribution >= 0.6 is 12.2 Å². The van der Waals surface area contributed by atoms with Gasteiger partial charge in [-0.1, -0.05) is 18.2 Å². The molecule has 1 heterocycles. The molecule has 5 nitrogen and oxygen atoms in total. The number of nitrogens with zero attached hydrogens (tertiary/aromatic N) is 1. The Morgan fingerprint density at radius 2 is 1.83 bits per heavy atom. The van der Waals surface area contributed by atoms with E-state index in [9.17, 15) is 4.79 Å². The summed E-state index contributed by atoms with van der Waals surface area (Å²) in [5.74, 6) is -0.330. The zero-order valence-electron chi connectivity index (χ0n) is 17.2. The Balaban J connectivity index is 1.54. The Morgan fingerprint density at radius 3 is 2.52 bits per heavy atom. The van der Waals surface area contributed by atoms with Gasteiger partial charge in [0.2, 0.25) is 0 Å². The topological polar surface area (TPSA) is 53.6 Å². The molecule has 2 aromatic rings. The normalized spacial score (nSPS) is 13.7. The van der Waals surface area contributed by atoms with Gasteiger partial charge in [0.05, 0.1) is 12.2 Å². The van der Waals surface area contributed by atoms with Gasteiger partial charge in [0.15, 0.2) is 5.11 Å². The van der Waals surface area contributed by atoms with Crippen molar-refractivity contribution in [1.82, 2.24) is 5.32 Å². The molecule has 0 aliphatic carbocycles. The van der Waals surface area contributed by atoms with Crippen molar-refractivity contribution in [1.29, 1.82) is 0 Å². The molecule has 1 fully saturated rings. The van der Waals surface area contributed by atoms with E-state index in [-0.39, 0.29) is 5.97 Å². The molecule has 29 heavy (non-hydrogen) atoms. The number of thiocarbonyl (C=S) groups is 1. The molecule has 1 aliphatic heterocycles. The number of hydrogen-bond donors (Lipinski definition) is 2. The highest BCUT2D eigenvalue weighted by Gasteiger charge is 2.11. The van der Waals surface area contributed by atoms with Crippen LogP contribution in [0.1, 0.15) is 47.7 Å². The summed E-state index contributed by atoms with van der Waals surface area (Å²) < 4.78 is 5.07. The summed E-state index contributed by atoms with van der Waals surface area (Å²) >= 11 is 5.44. The summed E-state index contributed by atoms with van der Waals surface area (Å²) in [6.45, 7) is 7.06. The van der Waals surface area contributed by atoms with Gasteiger partial charge in [0.1, 0.15) is 0 Å². The van der Waals surface area contributed by atoms with Gasteiger partial charge in [-0.2, -0.15) is 0 Å². The van der Waals surface area contributed by atoms with Crippen LogP contribution in [0.25, 0.3) is 0 Å². The third-order valence-corrected chi connectivity index (χ3v) is 5.35. The first kappa shape index (κ1) is 21.1. The average molecular weight is 412 g/mol. The van der Waals surface area contributed by atoms with Crippen LogP contribution in [-0.4, -0.2) is 30.8 Å². The molecule has 1 saturated heterocycles. The van der Waals surface area contributed by atoms with Crippen LogP contribution in [0.2, 0.25) is 0 Å². The molecule has 2 N–H and O–H groups in total. The minimum Gasteiger partial charge on any atom is -0.462 e. The number of rotatable bonds is 6. The fourth-order valence-electron chi connectivity index (χ4n) is 3.42. The van der Waals surface area contributed by atoms with Crippen LogP contribution in [0.3, 0.4) is 0 Å². The molecule has 0 atom stereocenters. The maximum Gasteiger partial charge on any atom is 0.338 e. The average Bonchev–Trinajstić information content (AvgIpc) is 2.75. The van der Waals surface area contributed by atoms with Gasteiger partial charge in [-0.05, 0) is 80.7 Å². The quantitative estimate of drug-likeness (QED) is 0.533. The summed E-state index contributed by atoms with van der Waals surface area (Å²) in [7, 11) is 0. The van der Waals surface area contributed by atoms with Crippen molar-refractivity contribution in [3.05, 3.63) is 59.2 Å². The zero-order valence-corrected chi connectivity index (χ0v) is 18.0. The number of esters is 1. The molecule has 0 unspecified atom stereocenters. The van der Waals surface area contributed by atoms with Crippen molar-refractivity contribution in [3.8, 4) is 0 Å². The monoisotopic (exact) mass is 411 g/mol. The highest BCUT2D eigenvalue weighted by molar-refractivity contribution is 7.80. The van der Waals surface area contributed by atoms with Crippen molar-refractivity contribution in [3.63, 3.8) is 0 Å². The van der Waals surface area contributed by atoms with Crippen LogP contribution < -0.4 is 15.5 Å². The number of carbonyl (C=O) groups is 1. The van der Waals surface area contributed by atoms with E-state index >= 15 is 0 Å². The molecule has 0 bridgehead atoms. The maximum atomic E-state index is 11.9. The number of piperidine rings is 1. The van der Waals surface area contributed by atoms with Crippen LogP contribution in [0.15, 0.2) is 42.5 Å². The summed E-state index contributed by atoms with van der Waals surface area (Å²) in [5, 5.41) is 6.95. The van der Waals surface area contributed by atoms with Crippen molar-refractivity contribution in [2.75, 3.05) is 29.9 Å². The second-order valence-electron chi connectivity index (χ2n) is 7.27. The van der Waals surface area contributed by atoms with E-state index in [1.165, 1.54) is 30.5 Å². The number of hydrogen-bond acceptors (Lipinski definition) is 4. The Morgan fingerprint density at radius 1 is 1.10 bits per heavy atom. The lowest BCUT2D eigenvalue weighted by Crippen LogP contribution is -2.29. The Hall–Kier alpha value is -2.60. The first-order valence-corrected chi connectivity index (χ1v) is 10.6.